The molecule has 2 rings (SSSR count). The number of rotatable bonds is 2. The van der Waals surface area contributed by atoms with Crippen molar-refractivity contribution >= 4 is 11.3 Å². The van der Waals surface area contributed by atoms with E-state index in [-0.39, 0.29) is 0 Å². The van der Waals surface area contributed by atoms with Crippen molar-refractivity contribution in [2.45, 2.75) is 6.92 Å². The minimum Gasteiger partial charge on any atom is -0.447 e. The molecule has 0 unspecified atom stereocenters. The summed E-state index contributed by atoms with van der Waals surface area (Å²) in [5, 5.41) is 3.86. The Kier molecular flexibility index (Phi) is 2.32. The monoisotopic (exact) mass is 189 g/mol. The second-order valence-corrected chi connectivity index (χ2v) is 3.63. The van der Waals surface area contributed by atoms with Crippen LogP contribution >= 0.6 is 11.3 Å². The summed E-state index contributed by atoms with van der Waals surface area (Å²) in [6.07, 6.45) is 0. The summed E-state index contributed by atoms with van der Waals surface area (Å²) in [5.41, 5.74) is 1.24. The largest absolute Gasteiger partial charge is 0.447 e. The molecule has 0 spiro atoms. The number of hydrogen-bond donors (Lipinski definition) is 0. The van der Waals surface area contributed by atoms with Gasteiger partial charge in [0.2, 0.25) is 0 Å². The summed E-state index contributed by atoms with van der Waals surface area (Å²) >= 11 is 1.47. The van der Waals surface area contributed by atoms with Gasteiger partial charge in [-0.25, -0.2) is 0 Å². The van der Waals surface area contributed by atoms with Crippen molar-refractivity contribution in [3.63, 3.8) is 0 Å². The Morgan fingerprint density at radius 2 is 1.92 bits per heavy atom. The van der Waals surface area contributed by atoms with E-state index in [1.54, 1.807) is 0 Å². The Hall–Kier alpha value is -1.28. The summed E-state index contributed by atoms with van der Waals surface area (Å²) in [6, 6.07) is 11.8. The fourth-order valence-electron chi connectivity index (χ4n) is 1.01. The molecule has 2 aromatic rings. The molecular formula is C11H9OS. The van der Waals surface area contributed by atoms with Gasteiger partial charge in [0, 0.05) is 5.38 Å². The quantitative estimate of drug-likeness (QED) is 0.700. The van der Waals surface area contributed by atoms with E-state index in [9.17, 15) is 0 Å². The second kappa shape index (κ2) is 3.62. The SMILES string of the molecule is Cc1ccc(Oc2cc[c]s2)cc1. The molecule has 0 amide bonds. The van der Waals surface area contributed by atoms with E-state index in [1.807, 2.05) is 36.4 Å². The van der Waals surface area contributed by atoms with Crippen LogP contribution in [0.25, 0.3) is 0 Å². The van der Waals surface area contributed by atoms with Gasteiger partial charge in [0.1, 0.15) is 5.75 Å². The summed E-state index contributed by atoms with van der Waals surface area (Å²) in [6.45, 7) is 2.06. The predicted octanol–water partition coefficient (Wildman–Crippen LogP) is 3.65. The normalized spacial score (nSPS) is 9.92. The Morgan fingerprint density at radius 3 is 2.54 bits per heavy atom. The van der Waals surface area contributed by atoms with Gasteiger partial charge in [-0.15, -0.1) is 0 Å². The van der Waals surface area contributed by atoms with Crippen molar-refractivity contribution in [2.75, 3.05) is 0 Å². The molecular weight excluding hydrogens is 180 g/mol. The zero-order chi connectivity index (χ0) is 9.10. The first-order valence-electron chi connectivity index (χ1n) is 4.05. The Morgan fingerprint density at radius 1 is 1.15 bits per heavy atom. The Bertz CT molecular complexity index is 361. The highest BCUT2D eigenvalue weighted by Crippen LogP contribution is 2.25. The van der Waals surface area contributed by atoms with Crippen molar-refractivity contribution < 1.29 is 4.74 Å². The van der Waals surface area contributed by atoms with E-state index in [0.717, 1.165) is 10.8 Å². The lowest BCUT2D eigenvalue weighted by molar-refractivity contribution is 0.496. The minimum atomic E-state index is 0.876. The summed E-state index contributed by atoms with van der Waals surface area (Å²) in [7, 11) is 0. The van der Waals surface area contributed by atoms with Crippen LogP contribution in [0.3, 0.4) is 0 Å². The van der Waals surface area contributed by atoms with Gasteiger partial charge in [0.25, 0.3) is 0 Å². The van der Waals surface area contributed by atoms with E-state index >= 15 is 0 Å². The average Bonchev–Trinajstić information content (AvgIpc) is 2.62. The molecule has 65 valence electrons. The molecule has 1 nitrogen and oxygen atoms in total. The molecule has 0 aliphatic carbocycles. The third-order valence-electron chi connectivity index (χ3n) is 1.69. The molecule has 0 saturated carbocycles. The van der Waals surface area contributed by atoms with E-state index in [1.165, 1.54) is 16.9 Å². The first-order chi connectivity index (χ1) is 6.34. The van der Waals surface area contributed by atoms with Crippen LogP contribution in [0.4, 0.5) is 0 Å². The van der Waals surface area contributed by atoms with Crippen molar-refractivity contribution in [1.82, 2.24) is 0 Å². The van der Waals surface area contributed by atoms with Crippen molar-refractivity contribution in [3.05, 3.63) is 47.3 Å². The fraction of sp³-hybridized carbons (Fsp3) is 0.0909. The maximum absolute atomic E-state index is 5.56. The van der Waals surface area contributed by atoms with E-state index < -0.39 is 0 Å². The van der Waals surface area contributed by atoms with Crippen LogP contribution in [-0.4, -0.2) is 0 Å². The first kappa shape index (κ1) is 8.32. The van der Waals surface area contributed by atoms with Crippen molar-refractivity contribution in [1.29, 1.82) is 0 Å². The van der Waals surface area contributed by atoms with Gasteiger partial charge < -0.3 is 4.74 Å². The maximum Gasteiger partial charge on any atom is 0.181 e. The van der Waals surface area contributed by atoms with Gasteiger partial charge in [-0.2, -0.15) is 0 Å². The Labute approximate surface area is 81.6 Å². The topological polar surface area (TPSA) is 9.23 Å². The van der Waals surface area contributed by atoms with Gasteiger partial charge in [-0.1, -0.05) is 29.0 Å². The lowest BCUT2D eigenvalue weighted by Gasteiger charge is -2.01. The highest BCUT2D eigenvalue weighted by Gasteiger charge is 1.96. The molecule has 0 aliphatic heterocycles. The molecule has 1 heterocycles. The van der Waals surface area contributed by atoms with Crippen LogP contribution < -0.4 is 4.74 Å². The minimum absolute atomic E-state index is 0.876. The molecule has 13 heavy (non-hydrogen) atoms. The summed E-state index contributed by atoms with van der Waals surface area (Å²) < 4.78 is 5.56. The van der Waals surface area contributed by atoms with Gasteiger partial charge in [-0.05, 0) is 31.2 Å². The standard InChI is InChI=1S/C11H9OS/c1-9-4-6-10(7-5-9)12-11-3-2-8-13-11/h2-7H,1H3. The fourth-order valence-corrected chi connectivity index (χ4v) is 1.53. The number of thiophene rings is 1. The summed E-state index contributed by atoms with van der Waals surface area (Å²) in [4.78, 5) is 0. The smallest absolute Gasteiger partial charge is 0.181 e. The molecule has 1 aromatic carbocycles. The van der Waals surface area contributed by atoms with Crippen LogP contribution in [0.2, 0.25) is 0 Å². The van der Waals surface area contributed by atoms with E-state index in [2.05, 4.69) is 12.3 Å². The third kappa shape index (κ3) is 2.10. The molecule has 0 N–H and O–H groups in total. The molecule has 1 aromatic heterocycles. The number of ether oxygens (including phenoxy) is 1. The maximum atomic E-state index is 5.56. The first-order valence-corrected chi connectivity index (χ1v) is 4.87. The van der Waals surface area contributed by atoms with Gasteiger partial charge in [0.15, 0.2) is 5.06 Å². The van der Waals surface area contributed by atoms with Gasteiger partial charge >= 0.3 is 0 Å². The van der Waals surface area contributed by atoms with E-state index in [0.29, 0.717) is 0 Å². The molecule has 1 radical (unpaired) electrons. The predicted molar refractivity (Wildman–Crippen MR) is 54.4 cm³/mol. The molecule has 0 bridgehead atoms. The van der Waals surface area contributed by atoms with Crippen LogP contribution in [0.15, 0.2) is 36.4 Å². The van der Waals surface area contributed by atoms with Crippen LogP contribution in [0, 0.1) is 12.3 Å². The molecule has 0 atom stereocenters. The lowest BCUT2D eigenvalue weighted by atomic mass is 10.2. The summed E-state index contributed by atoms with van der Waals surface area (Å²) in [5.74, 6) is 0.876. The number of hydrogen-bond acceptors (Lipinski definition) is 2. The van der Waals surface area contributed by atoms with Crippen LogP contribution in [0.1, 0.15) is 5.56 Å². The third-order valence-corrected chi connectivity index (χ3v) is 2.36. The molecule has 0 saturated heterocycles. The Balaban J connectivity index is 2.15. The highest BCUT2D eigenvalue weighted by atomic mass is 32.1. The van der Waals surface area contributed by atoms with Crippen LogP contribution in [0.5, 0.6) is 10.8 Å². The highest BCUT2D eigenvalue weighted by molar-refractivity contribution is 7.11. The lowest BCUT2D eigenvalue weighted by Crippen LogP contribution is -1.79. The van der Waals surface area contributed by atoms with Crippen molar-refractivity contribution in [2.24, 2.45) is 0 Å². The molecule has 0 aliphatic rings. The average molecular weight is 189 g/mol. The number of aryl methyl sites for hydroxylation is 1. The molecule has 0 fully saturated rings. The van der Waals surface area contributed by atoms with Crippen LogP contribution in [-0.2, 0) is 0 Å². The van der Waals surface area contributed by atoms with E-state index in [4.69, 9.17) is 4.74 Å². The molecule has 2 heteroatoms. The van der Waals surface area contributed by atoms with Crippen molar-refractivity contribution in [3.8, 4) is 10.8 Å². The number of benzene rings is 1. The van der Waals surface area contributed by atoms with Gasteiger partial charge in [-0.3, -0.25) is 0 Å². The van der Waals surface area contributed by atoms with Gasteiger partial charge in [0.05, 0.1) is 0 Å². The zero-order valence-electron chi connectivity index (χ0n) is 7.28. The zero-order valence-corrected chi connectivity index (χ0v) is 8.10. The second-order valence-electron chi connectivity index (χ2n) is 2.79.